The zero-order chi connectivity index (χ0) is 43.9. The zero-order valence-corrected chi connectivity index (χ0v) is 39.0. The van der Waals surface area contributed by atoms with Crippen LogP contribution in [0.2, 0.25) is 5.02 Å². The fraction of sp³-hybridized carbons (Fsp3) is 0.792. The summed E-state index contributed by atoms with van der Waals surface area (Å²) in [5.74, 6) is -0.662. The molecular weight excluding hydrogens is 764 g/mol. The molecule has 0 radical (unpaired) electrons. The Hall–Kier alpha value is -2.37. The highest BCUT2D eigenvalue weighted by Crippen LogP contribution is 2.77. The van der Waals surface area contributed by atoms with Crippen molar-refractivity contribution in [2.45, 2.75) is 157 Å². The van der Waals surface area contributed by atoms with Crippen LogP contribution in [0.3, 0.4) is 0 Å². The van der Waals surface area contributed by atoms with E-state index in [1.165, 1.54) is 0 Å². The quantitative estimate of drug-likeness (QED) is 0.165. The number of aliphatic hydroxyl groups is 1. The molecule has 2 unspecified atom stereocenters. The highest BCUT2D eigenvalue weighted by Gasteiger charge is 2.74. The molecule has 5 aliphatic carbocycles. The number of halogens is 1. The number of esters is 1. The molecule has 11 heteroatoms. The van der Waals surface area contributed by atoms with Gasteiger partial charge in [0.25, 0.3) is 0 Å². The van der Waals surface area contributed by atoms with E-state index in [0.29, 0.717) is 36.2 Å². The molecular formula is C48H75ClN4O6. The van der Waals surface area contributed by atoms with E-state index in [-0.39, 0.29) is 51.9 Å². The third kappa shape index (κ3) is 7.34. The zero-order valence-electron chi connectivity index (χ0n) is 38.2. The lowest BCUT2D eigenvalue weighted by Crippen LogP contribution is -2.74. The van der Waals surface area contributed by atoms with Crippen LogP contribution in [-0.4, -0.2) is 94.2 Å². The van der Waals surface area contributed by atoms with Crippen LogP contribution in [0.15, 0.2) is 29.5 Å². The van der Waals surface area contributed by atoms with Crippen molar-refractivity contribution in [2.75, 3.05) is 33.7 Å². The fourth-order valence-electron chi connectivity index (χ4n) is 14.1. The van der Waals surface area contributed by atoms with Gasteiger partial charge in [-0.05, 0) is 144 Å². The summed E-state index contributed by atoms with van der Waals surface area (Å²) in [5, 5.41) is 23.1. The van der Waals surface area contributed by atoms with Gasteiger partial charge in [0.1, 0.15) is 6.10 Å². The minimum Gasteiger partial charge on any atom is -0.481 e. The number of nitrogens with two attached hydrogens (primary N) is 1. The molecule has 0 amide bonds. The molecule has 1 heterocycles. The summed E-state index contributed by atoms with van der Waals surface area (Å²) in [6.07, 6.45) is 7.51. The van der Waals surface area contributed by atoms with Crippen molar-refractivity contribution in [1.82, 2.24) is 14.8 Å². The van der Waals surface area contributed by atoms with Gasteiger partial charge in [0.2, 0.25) is 0 Å². The molecule has 1 aromatic heterocycles. The Morgan fingerprint density at radius 1 is 0.983 bits per heavy atom. The minimum absolute atomic E-state index is 0.0185. The Labute approximate surface area is 359 Å². The molecule has 4 fully saturated rings. The summed E-state index contributed by atoms with van der Waals surface area (Å²) in [5.41, 5.74) is 7.40. The van der Waals surface area contributed by atoms with Crippen LogP contribution in [-0.2, 0) is 19.1 Å². The molecule has 4 N–H and O–H groups in total. The third-order valence-corrected chi connectivity index (χ3v) is 18.0. The summed E-state index contributed by atoms with van der Waals surface area (Å²) in [6.45, 7) is 23.3. The molecule has 0 aliphatic heterocycles. The summed E-state index contributed by atoms with van der Waals surface area (Å²) in [7, 11) is 4.11. The lowest BCUT2D eigenvalue weighted by Gasteiger charge is -2.74. The number of fused-ring (bicyclic) bond motifs is 7. The van der Waals surface area contributed by atoms with E-state index in [9.17, 15) is 24.6 Å². The number of hydrogen-bond donors (Lipinski definition) is 3. The molecule has 59 heavy (non-hydrogen) atoms. The maximum atomic E-state index is 14.5. The summed E-state index contributed by atoms with van der Waals surface area (Å²) < 4.78 is 6.19. The van der Waals surface area contributed by atoms with Crippen molar-refractivity contribution in [3.05, 3.63) is 40.2 Å². The molecule has 0 aromatic carbocycles. The molecule has 1 aromatic rings. The number of carboxylic acids is 1. The number of carboxylic acid groups (broad SMARTS) is 1. The largest absolute Gasteiger partial charge is 0.481 e. The Balaban J connectivity index is 1.33. The second kappa shape index (κ2) is 15.8. The topological polar surface area (TPSA) is 146 Å². The lowest BCUT2D eigenvalue weighted by molar-refractivity contribution is -0.239. The fourth-order valence-corrected chi connectivity index (χ4v) is 14.2. The number of pyridine rings is 1. The highest BCUT2D eigenvalue weighted by molar-refractivity contribution is 6.30. The number of ether oxygens (including phenoxy) is 1. The van der Waals surface area contributed by atoms with Crippen LogP contribution >= 0.6 is 11.6 Å². The van der Waals surface area contributed by atoms with Crippen LogP contribution in [0.5, 0.6) is 0 Å². The van der Waals surface area contributed by atoms with E-state index in [1.54, 1.807) is 20.0 Å². The SMILES string of the molecule is CC(C)C1=C2C3(N)CC[C@@H]4C5(C)CC[C@H](OC(=O)CC(C)(C)C(=O)O)C(C)(C)[C@@H]5CC[C@@]4(C)[C@]3(C)CC[C@@]2([C@H](O)CN(CCN(C)C)[C@@H](C)c2ccc(Cl)cn2)CC1=O. The Morgan fingerprint density at radius 2 is 1.64 bits per heavy atom. The van der Waals surface area contributed by atoms with Crippen LogP contribution in [0, 0.1) is 50.2 Å². The molecule has 6 rings (SSSR count). The lowest BCUT2D eigenvalue weighted by atomic mass is 9.31. The Bertz CT molecular complexity index is 1830. The first kappa shape index (κ1) is 46.1. The van der Waals surface area contributed by atoms with Gasteiger partial charge in [-0.15, -0.1) is 0 Å². The van der Waals surface area contributed by atoms with E-state index >= 15 is 0 Å². The number of aromatic nitrogens is 1. The molecule has 5 aliphatic rings. The van der Waals surface area contributed by atoms with Gasteiger partial charge in [-0.1, -0.05) is 60.1 Å². The second-order valence-corrected chi connectivity index (χ2v) is 22.6. The van der Waals surface area contributed by atoms with E-state index < -0.39 is 34.4 Å². The highest BCUT2D eigenvalue weighted by atomic mass is 35.5. The molecule has 0 saturated heterocycles. The van der Waals surface area contributed by atoms with Gasteiger partial charge in [-0.3, -0.25) is 24.3 Å². The van der Waals surface area contributed by atoms with Crippen molar-refractivity contribution in [3.8, 4) is 0 Å². The number of carbonyl (C=O) groups excluding carboxylic acids is 2. The molecule has 0 bridgehead atoms. The molecule has 4 saturated carbocycles. The van der Waals surface area contributed by atoms with Gasteiger partial charge in [0.05, 0.1) is 28.7 Å². The first-order valence-electron chi connectivity index (χ1n) is 22.4. The Morgan fingerprint density at radius 3 is 2.24 bits per heavy atom. The predicted molar refractivity (Wildman–Crippen MR) is 233 cm³/mol. The number of allylic oxidation sites excluding steroid dienone is 1. The van der Waals surface area contributed by atoms with Crippen LogP contribution in [0.1, 0.15) is 145 Å². The summed E-state index contributed by atoms with van der Waals surface area (Å²) in [6, 6.07) is 3.74. The number of aliphatic carboxylic acids is 1. The van der Waals surface area contributed by atoms with Crippen molar-refractivity contribution >= 4 is 29.3 Å². The monoisotopic (exact) mass is 839 g/mol. The number of hydrogen-bond acceptors (Lipinski definition) is 9. The molecule has 10 atom stereocenters. The first-order valence-corrected chi connectivity index (χ1v) is 22.8. The maximum absolute atomic E-state index is 14.5. The van der Waals surface area contributed by atoms with Gasteiger partial charge >= 0.3 is 11.9 Å². The van der Waals surface area contributed by atoms with E-state index in [1.807, 2.05) is 12.1 Å². The van der Waals surface area contributed by atoms with Crippen LogP contribution in [0.4, 0.5) is 0 Å². The number of ketones is 1. The van der Waals surface area contributed by atoms with E-state index in [0.717, 1.165) is 74.9 Å². The van der Waals surface area contributed by atoms with Crippen molar-refractivity contribution in [1.29, 1.82) is 0 Å². The van der Waals surface area contributed by atoms with Crippen LogP contribution in [0.25, 0.3) is 0 Å². The van der Waals surface area contributed by atoms with Crippen molar-refractivity contribution in [3.63, 3.8) is 0 Å². The first-order chi connectivity index (χ1) is 27.2. The second-order valence-electron chi connectivity index (χ2n) is 22.2. The van der Waals surface area contributed by atoms with Gasteiger partial charge in [-0.2, -0.15) is 0 Å². The average Bonchev–Trinajstić information content (AvgIpc) is 3.46. The normalized spacial score (nSPS) is 36.5. The number of nitrogens with zero attached hydrogens (tertiary/aromatic N) is 3. The van der Waals surface area contributed by atoms with Gasteiger partial charge in [0.15, 0.2) is 5.78 Å². The summed E-state index contributed by atoms with van der Waals surface area (Å²) in [4.78, 5) is 48.6. The number of Topliss-reactive ketones (excluding diaryl/α,β-unsaturated/α-hetero) is 1. The number of rotatable bonds is 13. The predicted octanol–water partition coefficient (Wildman–Crippen LogP) is 8.50. The molecule has 0 spiro atoms. The minimum atomic E-state index is -1.19. The van der Waals surface area contributed by atoms with Crippen molar-refractivity contribution < 1.29 is 29.3 Å². The average molecular weight is 840 g/mol. The van der Waals surface area contributed by atoms with E-state index in [2.05, 4.69) is 84.3 Å². The molecule has 330 valence electrons. The van der Waals surface area contributed by atoms with Gasteiger partial charge in [0, 0.05) is 54.7 Å². The number of aliphatic hydroxyl groups excluding tert-OH is 1. The standard InChI is InChI=1S/C48H75ClN4O6/c1-29(2)39-33(54)25-47(36(55)28-53(24-23-52(11)12)30(3)32-14-13-31(49)27-51-32)22-21-46(10)45(9)19-15-34-43(6,7)37(59-38(56)26-42(4,5)41(57)58)17-18-44(34,8)35(45)16-20-48(46,50)40(39)47/h13-14,27,29-30,34-37,55H,15-26,28,50H2,1-12H3,(H,57,58)/t30-,34-,35+,36+,37-,44?,45+,46-,47-,48?/m0/s1. The maximum Gasteiger partial charge on any atom is 0.309 e. The summed E-state index contributed by atoms with van der Waals surface area (Å²) >= 11 is 6.23. The number of likely N-dealkylation sites (N-methyl/N-ethyl adjacent to an activating group) is 1. The smallest absolute Gasteiger partial charge is 0.309 e. The van der Waals surface area contributed by atoms with Crippen molar-refractivity contribution in [2.24, 2.45) is 56.0 Å². The van der Waals surface area contributed by atoms with E-state index in [4.69, 9.17) is 22.1 Å². The third-order valence-electron chi connectivity index (χ3n) is 17.7. The van der Waals surface area contributed by atoms with Crippen LogP contribution < -0.4 is 5.73 Å². The number of carbonyl (C=O) groups is 3. The molecule has 10 nitrogen and oxygen atoms in total. The Kier molecular flexibility index (Phi) is 12.3. The van der Waals surface area contributed by atoms with Gasteiger partial charge < -0.3 is 25.6 Å². The van der Waals surface area contributed by atoms with Gasteiger partial charge in [-0.25, -0.2) is 0 Å².